The maximum Gasteiger partial charge on any atom is 0.272 e. The Balaban J connectivity index is 2.11. The van der Waals surface area contributed by atoms with Crippen molar-refractivity contribution in [1.82, 2.24) is 9.88 Å². The summed E-state index contributed by atoms with van der Waals surface area (Å²) in [6, 6.07) is 13.4. The summed E-state index contributed by atoms with van der Waals surface area (Å²) >= 11 is 0. The summed E-state index contributed by atoms with van der Waals surface area (Å²) in [7, 11) is 3.47. The molecule has 2 aromatic rings. The van der Waals surface area contributed by atoms with E-state index in [1.54, 1.807) is 18.1 Å². The molecule has 0 saturated heterocycles. The van der Waals surface area contributed by atoms with Crippen molar-refractivity contribution in [2.24, 2.45) is 0 Å². The molecule has 0 aliphatic carbocycles. The summed E-state index contributed by atoms with van der Waals surface area (Å²) in [6.07, 6.45) is 0.734. The topological polar surface area (TPSA) is 42.4 Å². The van der Waals surface area contributed by atoms with E-state index in [1.165, 1.54) is 0 Å². The molecule has 4 nitrogen and oxygen atoms in total. The third kappa shape index (κ3) is 3.64. The van der Waals surface area contributed by atoms with Crippen LogP contribution in [0.5, 0.6) is 5.75 Å². The summed E-state index contributed by atoms with van der Waals surface area (Å²) in [5.74, 6) is 0.787. The number of para-hydroxylation sites is 1. The molecular formula is C18H22N2O2. The van der Waals surface area contributed by atoms with Crippen LogP contribution in [0.2, 0.25) is 0 Å². The van der Waals surface area contributed by atoms with E-state index < -0.39 is 0 Å². The summed E-state index contributed by atoms with van der Waals surface area (Å²) in [5.41, 5.74) is 2.42. The normalized spacial score (nSPS) is 11.8. The number of aryl methyl sites for hydroxylation is 1. The first-order valence-electron chi connectivity index (χ1n) is 7.35. The van der Waals surface area contributed by atoms with Crippen molar-refractivity contribution in [3.8, 4) is 5.75 Å². The average molecular weight is 298 g/mol. The molecule has 4 heteroatoms. The lowest BCUT2D eigenvalue weighted by Crippen LogP contribution is -2.37. The van der Waals surface area contributed by atoms with Gasteiger partial charge in [-0.15, -0.1) is 0 Å². The van der Waals surface area contributed by atoms with Gasteiger partial charge in [-0.25, -0.2) is 4.98 Å². The number of ether oxygens (including phenoxy) is 1. The Morgan fingerprint density at radius 1 is 1.23 bits per heavy atom. The number of methoxy groups -OCH3 is 1. The molecule has 1 heterocycles. The minimum atomic E-state index is -0.0638. The van der Waals surface area contributed by atoms with E-state index in [0.29, 0.717) is 5.69 Å². The number of nitrogens with zero attached hydrogens (tertiary/aromatic N) is 2. The molecule has 1 amide bonds. The van der Waals surface area contributed by atoms with Crippen molar-refractivity contribution in [3.63, 3.8) is 0 Å². The first-order chi connectivity index (χ1) is 10.5. The molecule has 0 N–H and O–H groups in total. The molecule has 0 aliphatic rings. The van der Waals surface area contributed by atoms with E-state index in [9.17, 15) is 4.79 Å². The number of carbonyl (C=O) groups is 1. The number of hydrogen-bond acceptors (Lipinski definition) is 3. The highest BCUT2D eigenvalue weighted by Crippen LogP contribution is 2.20. The highest BCUT2D eigenvalue weighted by Gasteiger charge is 2.20. The van der Waals surface area contributed by atoms with Crippen LogP contribution >= 0.6 is 0 Å². The number of benzene rings is 1. The number of pyridine rings is 1. The van der Waals surface area contributed by atoms with Gasteiger partial charge < -0.3 is 9.64 Å². The molecule has 2 rings (SSSR count). The van der Waals surface area contributed by atoms with Gasteiger partial charge in [0.2, 0.25) is 0 Å². The van der Waals surface area contributed by atoms with Crippen molar-refractivity contribution < 1.29 is 9.53 Å². The molecular weight excluding hydrogens is 276 g/mol. The van der Waals surface area contributed by atoms with E-state index in [4.69, 9.17) is 4.74 Å². The van der Waals surface area contributed by atoms with Gasteiger partial charge in [-0.2, -0.15) is 0 Å². The highest BCUT2D eigenvalue weighted by atomic mass is 16.5. The van der Waals surface area contributed by atoms with Gasteiger partial charge in [0, 0.05) is 18.8 Å². The zero-order chi connectivity index (χ0) is 16.1. The average Bonchev–Trinajstić information content (AvgIpc) is 2.54. The molecule has 0 spiro atoms. The van der Waals surface area contributed by atoms with Gasteiger partial charge in [0.1, 0.15) is 11.4 Å². The van der Waals surface area contributed by atoms with Gasteiger partial charge in [-0.1, -0.05) is 24.3 Å². The molecule has 0 bridgehead atoms. The summed E-state index contributed by atoms with van der Waals surface area (Å²) in [5, 5.41) is 0. The first-order valence-corrected chi connectivity index (χ1v) is 7.35. The van der Waals surface area contributed by atoms with Crippen LogP contribution in [-0.4, -0.2) is 36.0 Å². The Kier molecular flexibility index (Phi) is 5.15. The Hall–Kier alpha value is -2.36. The lowest BCUT2D eigenvalue weighted by atomic mass is 10.0. The maximum absolute atomic E-state index is 12.5. The van der Waals surface area contributed by atoms with Crippen LogP contribution in [0.1, 0.15) is 28.7 Å². The number of carbonyl (C=O) groups excluding carboxylic acids is 1. The van der Waals surface area contributed by atoms with Gasteiger partial charge in [-0.3, -0.25) is 4.79 Å². The minimum Gasteiger partial charge on any atom is -0.496 e. The van der Waals surface area contributed by atoms with Gasteiger partial charge in [0.05, 0.1) is 7.11 Å². The maximum atomic E-state index is 12.5. The molecule has 1 aromatic carbocycles. The van der Waals surface area contributed by atoms with E-state index in [-0.39, 0.29) is 11.9 Å². The molecule has 0 fully saturated rings. The van der Waals surface area contributed by atoms with E-state index >= 15 is 0 Å². The largest absolute Gasteiger partial charge is 0.496 e. The number of aromatic nitrogens is 1. The molecule has 0 unspecified atom stereocenters. The van der Waals surface area contributed by atoms with Crippen LogP contribution in [0.3, 0.4) is 0 Å². The Morgan fingerprint density at radius 2 is 1.95 bits per heavy atom. The van der Waals surface area contributed by atoms with E-state index in [1.807, 2.05) is 57.3 Å². The first kappa shape index (κ1) is 16.0. The molecule has 0 aliphatic heterocycles. The Labute approximate surface area is 131 Å². The fraction of sp³-hybridized carbons (Fsp3) is 0.333. The van der Waals surface area contributed by atoms with E-state index in [0.717, 1.165) is 23.4 Å². The molecule has 1 atom stereocenters. The molecule has 0 saturated carbocycles. The van der Waals surface area contributed by atoms with Crippen LogP contribution in [0.4, 0.5) is 0 Å². The third-order valence-corrected chi connectivity index (χ3v) is 3.80. The summed E-state index contributed by atoms with van der Waals surface area (Å²) in [4.78, 5) is 18.5. The predicted octanol–water partition coefficient (Wildman–Crippen LogP) is 3.10. The monoisotopic (exact) mass is 298 g/mol. The number of hydrogen-bond donors (Lipinski definition) is 0. The van der Waals surface area contributed by atoms with Gasteiger partial charge in [0.25, 0.3) is 5.91 Å². The minimum absolute atomic E-state index is 0.0473. The zero-order valence-corrected chi connectivity index (χ0v) is 13.5. The van der Waals surface area contributed by atoms with Crippen LogP contribution in [-0.2, 0) is 6.42 Å². The van der Waals surface area contributed by atoms with E-state index in [2.05, 4.69) is 4.98 Å². The second-order valence-electron chi connectivity index (χ2n) is 5.45. The number of likely N-dealkylation sites (N-methyl/N-ethyl adjacent to an activating group) is 1. The van der Waals surface area contributed by atoms with Crippen LogP contribution in [0.15, 0.2) is 42.5 Å². The second-order valence-corrected chi connectivity index (χ2v) is 5.45. The predicted molar refractivity (Wildman–Crippen MR) is 87.2 cm³/mol. The second kappa shape index (κ2) is 7.07. The van der Waals surface area contributed by atoms with Crippen molar-refractivity contribution in [1.29, 1.82) is 0 Å². The fourth-order valence-corrected chi connectivity index (χ4v) is 2.37. The number of rotatable bonds is 5. The SMILES string of the molecule is COc1ccccc1C[C@H](C)N(C)C(=O)c1cccc(C)n1. The van der Waals surface area contributed by atoms with Crippen molar-refractivity contribution >= 4 is 5.91 Å². The van der Waals surface area contributed by atoms with Gasteiger partial charge >= 0.3 is 0 Å². The summed E-state index contributed by atoms with van der Waals surface area (Å²) in [6.45, 7) is 3.91. The quantitative estimate of drug-likeness (QED) is 0.852. The molecule has 22 heavy (non-hydrogen) atoms. The molecule has 1 aromatic heterocycles. The third-order valence-electron chi connectivity index (χ3n) is 3.80. The lowest BCUT2D eigenvalue weighted by Gasteiger charge is -2.25. The van der Waals surface area contributed by atoms with Gasteiger partial charge in [-0.05, 0) is 44.0 Å². The standard InChI is InChI=1S/C18H22N2O2/c1-13-8-7-10-16(19-13)18(21)20(3)14(2)12-15-9-5-6-11-17(15)22-4/h5-11,14H,12H2,1-4H3/t14-/m0/s1. The zero-order valence-electron chi connectivity index (χ0n) is 13.5. The lowest BCUT2D eigenvalue weighted by molar-refractivity contribution is 0.0737. The Morgan fingerprint density at radius 3 is 2.64 bits per heavy atom. The van der Waals surface area contributed by atoms with Crippen LogP contribution < -0.4 is 4.74 Å². The number of amides is 1. The van der Waals surface area contributed by atoms with Crippen LogP contribution in [0.25, 0.3) is 0 Å². The smallest absolute Gasteiger partial charge is 0.272 e. The van der Waals surface area contributed by atoms with Crippen LogP contribution in [0, 0.1) is 6.92 Å². The highest BCUT2D eigenvalue weighted by molar-refractivity contribution is 5.92. The Bertz CT molecular complexity index is 655. The van der Waals surface area contributed by atoms with Gasteiger partial charge in [0.15, 0.2) is 0 Å². The van der Waals surface area contributed by atoms with Crippen molar-refractivity contribution in [3.05, 3.63) is 59.4 Å². The van der Waals surface area contributed by atoms with Crippen molar-refractivity contribution in [2.45, 2.75) is 26.3 Å². The molecule has 0 radical (unpaired) electrons. The van der Waals surface area contributed by atoms with Crippen molar-refractivity contribution in [2.75, 3.05) is 14.2 Å². The molecule has 116 valence electrons. The summed E-state index contributed by atoms with van der Waals surface area (Å²) < 4.78 is 5.37. The fourth-order valence-electron chi connectivity index (χ4n) is 2.37.